The summed E-state index contributed by atoms with van der Waals surface area (Å²) in [5.74, 6) is 1.81. The Morgan fingerprint density at radius 3 is 2.82 bits per heavy atom. The highest BCUT2D eigenvalue weighted by atomic mass is 32.2. The van der Waals surface area contributed by atoms with Gasteiger partial charge in [0, 0.05) is 22.6 Å². The first-order chi connectivity index (χ1) is 13.6. The monoisotopic (exact) mass is 398 g/mol. The van der Waals surface area contributed by atoms with Crippen LogP contribution in [0.5, 0.6) is 11.5 Å². The number of carbonyl (C=O) groups excluding carboxylic acids is 2. The molecule has 146 valence electrons. The van der Waals surface area contributed by atoms with E-state index in [1.807, 2.05) is 35.2 Å². The first kappa shape index (κ1) is 18.7. The standard InChI is InChI=1S/C21H22N2O4S/c1-26-14-6-7-18(27-2)15(11-14)17-4-3-9-23(17)21(25)13-5-8-19-16(10-13)22-20(24)12-28-19/h5-8,10-11,17H,3-4,9,12H2,1-2H3,(H,22,24). The summed E-state index contributed by atoms with van der Waals surface area (Å²) in [5.41, 5.74) is 2.24. The number of methoxy groups -OCH3 is 2. The number of anilines is 1. The number of ether oxygens (including phenoxy) is 2. The second-order valence-corrected chi connectivity index (χ2v) is 7.83. The van der Waals surface area contributed by atoms with E-state index in [1.54, 1.807) is 20.3 Å². The Morgan fingerprint density at radius 1 is 1.18 bits per heavy atom. The molecule has 1 unspecified atom stereocenters. The van der Waals surface area contributed by atoms with Gasteiger partial charge >= 0.3 is 0 Å². The predicted molar refractivity (Wildman–Crippen MR) is 108 cm³/mol. The number of benzene rings is 2. The molecule has 6 nitrogen and oxygen atoms in total. The van der Waals surface area contributed by atoms with Gasteiger partial charge in [-0.2, -0.15) is 0 Å². The van der Waals surface area contributed by atoms with Crippen LogP contribution in [0.2, 0.25) is 0 Å². The van der Waals surface area contributed by atoms with Crippen molar-refractivity contribution in [3.8, 4) is 11.5 Å². The molecule has 0 radical (unpaired) electrons. The average Bonchev–Trinajstić information content (AvgIpc) is 3.21. The van der Waals surface area contributed by atoms with Gasteiger partial charge < -0.3 is 19.7 Å². The second kappa shape index (κ2) is 7.75. The molecule has 2 amide bonds. The summed E-state index contributed by atoms with van der Waals surface area (Å²) in [6.07, 6.45) is 1.79. The van der Waals surface area contributed by atoms with Crippen molar-refractivity contribution in [2.75, 3.05) is 31.8 Å². The molecule has 1 atom stereocenters. The van der Waals surface area contributed by atoms with Gasteiger partial charge in [-0.05, 0) is 49.2 Å². The minimum Gasteiger partial charge on any atom is -0.497 e. The lowest BCUT2D eigenvalue weighted by molar-refractivity contribution is -0.113. The number of nitrogens with one attached hydrogen (secondary N) is 1. The average molecular weight is 398 g/mol. The van der Waals surface area contributed by atoms with E-state index in [9.17, 15) is 9.59 Å². The third kappa shape index (κ3) is 3.42. The van der Waals surface area contributed by atoms with Crippen molar-refractivity contribution >= 4 is 29.3 Å². The van der Waals surface area contributed by atoms with Crippen LogP contribution >= 0.6 is 11.8 Å². The highest BCUT2D eigenvalue weighted by Crippen LogP contribution is 2.40. The lowest BCUT2D eigenvalue weighted by atomic mass is 10.0. The van der Waals surface area contributed by atoms with Crippen LogP contribution in [0.3, 0.4) is 0 Å². The largest absolute Gasteiger partial charge is 0.497 e. The fourth-order valence-electron chi connectivity index (χ4n) is 3.81. The molecule has 4 rings (SSSR count). The number of amides is 2. The molecule has 0 aromatic heterocycles. The number of nitrogens with zero attached hydrogens (tertiary/aromatic N) is 1. The summed E-state index contributed by atoms with van der Waals surface area (Å²) in [6.45, 7) is 0.683. The molecule has 0 saturated carbocycles. The molecule has 1 fully saturated rings. The van der Waals surface area contributed by atoms with E-state index in [0.29, 0.717) is 23.5 Å². The van der Waals surface area contributed by atoms with Crippen molar-refractivity contribution in [2.24, 2.45) is 0 Å². The van der Waals surface area contributed by atoms with E-state index in [-0.39, 0.29) is 17.9 Å². The van der Waals surface area contributed by atoms with E-state index < -0.39 is 0 Å². The molecule has 2 aromatic carbocycles. The number of carbonyl (C=O) groups is 2. The fraction of sp³-hybridized carbons (Fsp3) is 0.333. The zero-order valence-corrected chi connectivity index (χ0v) is 16.7. The van der Waals surface area contributed by atoms with Gasteiger partial charge in [0.25, 0.3) is 5.91 Å². The van der Waals surface area contributed by atoms with E-state index in [2.05, 4.69) is 5.32 Å². The van der Waals surface area contributed by atoms with Crippen LogP contribution in [-0.4, -0.2) is 43.2 Å². The van der Waals surface area contributed by atoms with Crippen LogP contribution in [0.25, 0.3) is 0 Å². The van der Waals surface area contributed by atoms with Crippen molar-refractivity contribution in [3.63, 3.8) is 0 Å². The molecule has 1 N–H and O–H groups in total. The van der Waals surface area contributed by atoms with Crippen molar-refractivity contribution in [2.45, 2.75) is 23.8 Å². The van der Waals surface area contributed by atoms with Crippen LogP contribution in [0.15, 0.2) is 41.3 Å². The quantitative estimate of drug-likeness (QED) is 0.850. The van der Waals surface area contributed by atoms with Crippen LogP contribution in [0.4, 0.5) is 5.69 Å². The number of likely N-dealkylation sites (tertiary alicyclic amines) is 1. The third-order valence-corrected chi connectivity index (χ3v) is 6.24. The van der Waals surface area contributed by atoms with Gasteiger partial charge in [0.2, 0.25) is 5.91 Å². The number of thioether (sulfide) groups is 1. The minimum absolute atomic E-state index is 0.0396. The topological polar surface area (TPSA) is 67.9 Å². The number of rotatable bonds is 4. The fourth-order valence-corrected chi connectivity index (χ4v) is 4.60. The molecule has 2 heterocycles. The highest BCUT2D eigenvalue weighted by molar-refractivity contribution is 8.00. The molecule has 7 heteroatoms. The van der Waals surface area contributed by atoms with Crippen molar-refractivity contribution in [3.05, 3.63) is 47.5 Å². The van der Waals surface area contributed by atoms with Gasteiger partial charge in [-0.3, -0.25) is 9.59 Å². The molecule has 0 spiro atoms. The molecule has 0 aliphatic carbocycles. The SMILES string of the molecule is COc1ccc(OC)c(C2CCCN2C(=O)c2ccc3c(c2)NC(=O)CS3)c1. The zero-order valence-electron chi connectivity index (χ0n) is 15.9. The minimum atomic E-state index is -0.0717. The van der Waals surface area contributed by atoms with E-state index >= 15 is 0 Å². The Morgan fingerprint density at radius 2 is 2.04 bits per heavy atom. The number of hydrogen-bond donors (Lipinski definition) is 1. The maximum absolute atomic E-state index is 13.3. The normalized spacial score (nSPS) is 18.4. The maximum atomic E-state index is 13.3. The van der Waals surface area contributed by atoms with Crippen LogP contribution < -0.4 is 14.8 Å². The molecule has 2 aliphatic rings. The van der Waals surface area contributed by atoms with Crippen molar-refractivity contribution < 1.29 is 19.1 Å². The zero-order chi connectivity index (χ0) is 19.7. The number of hydrogen-bond acceptors (Lipinski definition) is 5. The van der Waals surface area contributed by atoms with E-state index in [1.165, 1.54) is 11.8 Å². The van der Waals surface area contributed by atoms with Gasteiger partial charge in [-0.1, -0.05) is 0 Å². The molecular weight excluding hydrogens is 376 g/mol. The van der Waals surface area contributed by atoms with Crippen LogP contribution in [-0.2, 0) is 4.79 Å². The van der Waals surface area contributed by atoms with Gasteiger partial charge in [0.15, 0.2) is 0 Å². The van der Waals surface area contributed by atoms with Gasteiger partial charge in [-0.25, -0.2) is 0 Å². The molecule has 0 bridgehead atoms. The highest BCUT2D eigenvalue weighted by Gasteiger charge is 2.33. The first-order valence-electron chi connectivity index (χ1n) is 9.20. The predicted octanol–water partition coefficient (Wildman–Crippen LogP) is 3.73. The lowest BCUT2D eigenvalue weighted by Crippen LogP contribution is -2.31. The van der Waals surface area contributed by atoms with Crippen molar-refractivity contribution in [1.82, 2.24) is 4.90 Å². The smallest absolute Gasteiger partial charge is 0.254 e. The molecule has 28 heavy (non-hydrogen) atoms. The van der Waals surface area contributed by atoms with E-state index in [4.69, 9.17) is 9.47 Å². The molecule has 2 aliphatic heterocycles. The molecular formula is C21H22N2O4S. The second-order valence-electron chi connectivity index (χ2n) is 6.81. The van der Waals surface area contributed by atoms with Gasteiger partial charge in [0.05, 0.1) is 31.7 Å². The summed E-state index contributed by atoms with van der Waals surface area (Å²) < 4.78 is 10.9. The summed E-state index contributed by atoms with van der Waals surface area (Å²) in [4.78, 5) is 27.8. The Bertz CT molecular complexity index is 931. The number of fused-ring (bicyclic) bond motifs is 1. The van der Waals surface area contributed by atoms with Crippen LogP contribution in [0, 0.1) is 0 Å². The van der Waals surface area contributed by atoms with E-state index in [0.717, 1.165) is 34.8 Å². The third-order valence-electron chi connectivity index (χ3n) is 5.17. The lowest BCUT2D eigenvalue weighted by Gasteiger charge is -2.27. The summed E-state index contributed by atoms with van der Waals surface area (Å²) >= 11 is 1.49. The Balaban J connectivity index is 1.65. The summed E-state index contributed by atoms with van der Waals surface area (Å²) in [5, 5.41) is 2.85. The maximum Gasteiger partial charge on any atom is 0.254 e. The molecule has 1 saturated heterocycles. The Hall–Kier alpha value is -2.67. The summed E-state index contributed by atoms with van der Waals surface area (Å²) in [7, 11) is 3.26. The summed E-state index contributed by atoms with van der Waals surface area (Å²) in [6, 6.07) is 11.1. The first-order valence-corrected chi connectivity index (χ1v) is 10.2. The Kier molecular flexibility index (Phi) is 5.17. The Labute approximate surface area is 168 Å². The van der Waals surface area contributed by atoms with Gasteiger partial charge in [0.1, 0.15) is 11.5 Å². The van der Waals surface area contributed by atoms with Crippen LogP contribution in [0.1, 0.15) is 34.8 Å². The van der Waals surface area contributed by atoms with Gasteiger partial charge in [-0.15, -0.1) is 11.8 Å². The molecule has 2 aromatic rings. The van der Waals surface area contributed by atoms with Crippen molar-refractivity contribution in [1.29, 1.82) is 0 Å².